The van der Waals surface area contributed by atoms with E-state index in [2.05, 4.69) is 24.0 Å². The Labute approximate surface area is 68.5 Å². The van der Waals surface area contributed by atoms with Crippen LogP contribution in [0, 0.1) is 0 Å². The number of hydrogen-bond acceptors (Lipinski definition) is 2. The van der Waals surface area contributed by atoms with Crippen molar-refractivity contribution in [2.24, 2.45) is 0 Å². The van der Waals surface area contributed by atoms with E-state index in [1.165, 1.54) is 0 Å². The molecule has 0 amide bonds. The van der Waals surface area contributed by atoms with Crippen molar-refractivity contribution < 1.29 is 5.11 Å². The lowest BCUT2D eigenvalue weighted by Crippen LogP contribution is -2.32. The first-order chi connectivity index (χ1) is 5.20. The average molecular weight is 155 g/mol. The van der Waals surface area contributed by atoms with Gasteiger partial charge in [0, 0.05) is 19.1 Å². The van der Waals surface area contributed by atoms with Gasteiger partial charge in [-0.3, -0.25) is 4.90 Å². The zero-order chi connectivity index (χ0) is 8.27. The van der Waals surface area contributed by atoms with Gasteiger partial charge in [0.05, 0.1) is 6.10 Å². The van der Waals surface area contributed by atoms with E-state index in [-0.39, 0.29) is 6.10 Å². The molecule has 2 nitrogen and oxygen atoms in total. The third-order valence-electron chi connectivity index (χ3n) is 2.15. The van der Waals surface area contributed by atoms with Crippen molar-refractivity contribution in [3.63, 3.8) is 0 Å². The van der Waals surface area contributed by atoms with Crippen LogP contribution in [0.2, 0.25) is 0 Å². The smallest absolute Gasteiger partial charge is 0.0526 e. The molecule has 2 heteroatoms. The minimum absolute atomic E-state index is 0.175. The predicted molar refractivity (Wildman–Crippen MR) is 46.5 cm³/mol. The summed E-state index contributed by atoms with van der Waals surface area (Å²) in [5.41, 5.74) is 0. The molecule has 64 valence electrons. The van der Waals surface area contributed by atoms with Gasteiger partial charge in [-0.1, -0.05) is 12.2 Å². The third kappa shape index (κ3) is 2.64. The second-order valence-corrected chi connectivity index (χ2v) is 3.36. The Morgan fingerprint density at radius 1 is 1.36 bits per heavy atom. The number of nitrogens with zero attached hydrogens (tertiary/aromatic N) is 1. The van der Waals surface area contributed by atoms with Crippen LogP contribution in [0.1, 0.15) is 20.3 Å². The maximum absolute atomic E-state index is 9.14. The molecule has 0 aliphatic carbocycles. The summed E-state index contributed by atoms with van der Waals surface area (Å²) >= 11 is 0. The molecule has 0 aromatic heterocycles. The maximum atomic E-state index is 9.14. The van der Waals surface area contributed by atoms with E-state index in [4.69, 9.17) is 5.11 Å². The van der Waals surface area contributed by atoms with E-state index in [1.54, 1.807) is 0 Å². The van der Waals surface area contributed by atoms with Crippen molar-refractivity contribution in [3.05, 3.63) is 12.2 Å². The lowest BCUT2D eigenvalue weighted by molar-refractivity contribution is 0.136. The summed E-state index contributed by atoms with van der Waals surface area (Å²) in [5, 5.41) is 9.14. The second-order valence-electron chi connectivity index (χ2n) is 3.36. The first kappa shape index (κ1) is 8.75. The molecule has 0 saturated heterocycles. The topological polar surface area (TPSA) is 23.5 Å². The average Bonchev–Trinajstić information content (AvgIpc) is 2.35. The quantitative estimate of drug-likeness (QED) is 0.615. The van der Waals surface area contributed by atoms with Crippen molar-refractivity contribution in [2.45, 2.75) is 32.4 Å². The van der Waals surface area contributed by atoms with Crippen molar-refractivity contribution in [1.29, 1.82) is 0 Å². The van der Waals surface area contributed by atoms with Gasteiger partial charge >= 0.3 is 0 Å². The molecular weight excluding hydrogens is 138 g/mol. The van der Waals surface area contributed by atoms with Crippen LogP contribution in [0.3, 0.4) is 0 Å². The summed E-state index contributed by atoms with van der Waals surface area (Å²) in [7, 11) is 0. The molecule has 0 aromatic carbocycles. The fraction of sp³-hybridized carbons (Fsp3) is 0.778. The van der Waals surface area contributed by atoms with Gasteiger partial charge in [0.2, 0.25) is 0 Å². The van der Waals surface area contributed by atoms with Gasteiger partial charge in [0.1, 0.15) is 0 Å². The molecule has 0 fully saturated rings. The van der Waals surface area contributed by atoms with Crippen molar-refractivity contribution in [1.82, 2.24) is 4.90 Å². The van der Waals surface area contributed by atoms with Crippen LogP contribution < -0.4 is 0 Å². The van der Waals surface area contributed by atoms with Gasteiger partial charge in [-0.2, -0.15) is 0 Å². The Kier molecular flexibility index (Phi) is 3.09. The highest BCUT2D eigenvalue weighted by Gasteiger charge is 2.15. The summed E-state index contributed by atoms with van der Waals surface area (Å²) < 4.78 is 0. The number of rotatable bonds is 3. The van der Waals surface area contributed by atoms with Crippen LogP contribution in [0.15, 0.2) is 12.2 Å². The molecular formula is C9H17NO. The lowest BCUT2D eigenvalue weighted by atomic mass is 10.1. The Bertz CT molecular complexity index is 134. The molecule has 2 atom stereocenters. The number of aliphatic hydroxyl groups is 1. The first-order valence-electron chi connectivity index (χ1n) is 4.27. The third-order valence-corrected chi connectivity index (χ3v) is 2.15. The van der Waals surface area contributed by atoms with Crippen LogP contribution >= 0.6 is 0 Å². The van der Waals surface area contributed by atoms with Gasteiger partial charge in [-0.05, 0) is 20.3 Å². The Balaban J connectivity index is 2.24. The fourth-order valence-corrected chi connectivity index (χ4v) is 1.50. The largest absolute Gasteiger partial charge is 0.393 e. The predicted octanol–water partition coefficient (Wildman–Crippen LogP) is 1.02. The normalized spacial score (nSPS) is 23.9. The van der Waals surface area contributed by atoms with E-state index in [1.807, 2.05) is 6.92 Å². The molecule has 0 radical (unpaired) electrons. The van der Waals surface area contributed by atoms with E-state index < -0.39 is 0 Å². The minimum Gasteiger partial charge on any atom is -0.393 e. The van der Waals surface area contributed by atoms with E-state index >= 15 is 0 Å². The molecule has 1 N–H and O–H groups in total. The van der Waals surface area contributed by atoms with Crippen LogP contribution in [0.4, 0.5) is 0 Å². The summed E-state index contributed by atoms with van der Waals surface area (Å²) in [6.45, 7) is 6.11. The molecule has 2 unspecified atom stereocenters. The summed E-state index contributed by atoms with van der Waals surface area (Å²) in [6.07, 6.45) is 5.06. The Morgan fingerprint density at radius 3 is 2.36 bits per heavy atom. The van der Waals surface area contributed by atoms with E-state index in [0.717, 1.165) is 19.5 Å². The Morgan fingerprint density at radius 2 is 1.91 bits per heavy atom. The minimum atomic E-state index is -0.175. The standard InChI is InChI=1S/C9H17NO/c1-8(7-9(2)11)10-5-3-4-6-10/h3-4,8-9,11H,5-7H2,1-2H3. The van der Waals surface area contributed by atoms with Gasteiger partial charge in [-0.15, -0.1) is 0 Å². The molecule has 1 heterocycles. The zero-order valence-corrected chi connectivity index (χ0v) is 7.33. The van der Waals surface area contributed by atoms with Crippen molar-refractivity contribution >= 4 is 0 Å². The Hall–Kier alpha value is -0.340. The molecule has 1 rings (SSSR count). The van der Waals surface area contributed by atoms with Crippen molar-refractivity contribution in [3.8, 4) is 0 Å². The molecule has 11 heavy (non-hydrogen) atoms. The zero-order valence-electron chi connectivity index (χ0n) is 7.33. The van der Waals surface area contributed by atoms with Crippen molar-refractivity contribution in [2.75, 3.05) is 13.1 Å². The van der Waals surface area contributed by atoms with Gasteiger partial charge in [-0.25, -0.2) is 0 Å². The number of aliphatic hydroxyl groups excluding tert-OH is 1. The van der Waals surface area contributed by atoms with Crippen LogP contribution in [0.25, 0.3) is 0 Å². The number of hydrogen-bond donors (Lipinski definition) is 1. The van der Waals surface area contributed by atoms with Crippen LogP contribution in [-0.2, 0) is 0 Å². The van der Waals surface area contributed by atoms with Crippen LogP contribution in [-0.4, -0.2) is 35.2 Å². The first-order valence-corrected chi connectivity index (χ1v) is 4.27. The monoisotopic (exact) mass is 155 g/mol. The molecule has 1 aliphatic rings. The van der Waals surface area contributed by atoms with Gasteiger partial charge in [0.15, 0.2) is 0 Å². The molecule has 0 bridgehead atoms. The summed E-state index contributed by atoms with van der Waals surface area (Å²) in [5.74, 6) is 0. The molecule has 1 aliphatic heterocycles. The highest BCUT2D eigenvalue weighted by Crippen LogP contribution is 2.09. The van der Waals surface area contributed by atoms with Gasteiger partial charge in [0.25, 0.3) is 0 Å². The van der Waals surface area contributed by atoms with E-state index in [9.17, 15) is 0 Å². The maximum Gasteiger partial charge on any atom is 0.0526 e. The molecule has 0 aromatic rings. The van der Waals surface area contributed by atoms with Crippen LogP contribution in [0.5, 0.6) is 0 Å². The molecule has 0 spiro atoms. The second kappa shape index (κ2) is 3.88. The summed E-state index contributed by atoms with van der Waals surface area (Å²) in [6, 6.07) is 0.505. The molecule has 0 saturated carbocycles. The van der Waals surface area contributed by atoms with Gasteiger partial charge < -0.3 is 5.11 Å². The summed E-state index contributed by atoms with van der Waals surface area (Å²) in [4.78, 5) is 2.35. The lowest BCUT2D eigenvalue weighted by Gasteiger charge is -2.24. The fourth-order valence-electron chi connectivity index (χ4n) is 1.50. The SMILES string of the molecule is CC(O)CC(C)N1CC=CC1. The van der Waals surface area contributed by atoms with E-state index in [0.29, 0.717) is 6.04 Å². The highest BCUT2D eigenvalue weighted by atomic mass is 16.3. The highest BCUT2D eigenvalue weighted by molar-refractivity contribution is 4.96.